The maximum atomic E-state index is 12.9. The van der Waals surface area contributed by atoms with Gasteiger partial charge in [-0.2, -0.15) is 0 Å². The molecule has 0 saturated heterocycles. The summed E-state index contributed by atoms with van der Waals surface area (Å²) in [6.07, 6.45) is 0. The van der Waals surface area contributed by atoms with Gasteiger partial charge in [0.15, 0.2) is 0 Å². The van der Waals surface area contributed by atoms with Gasteiger partial charge in [0.05, 0.1) is 5.56 Å². The van der Waals surface area contributed by atoms with Crippen LogP contribution in [0.2, 0.25) is 0 Å². The van der Waals surface area contributed by atoms with Gasteiger partial charge in [-0.1, -0.05) is 12.1 Å². The first kappa shape index (κ1) is 18.2. The predicted molar refractivity (Wildman–Crippen MR) is 94.7 cm³/mol. The van der Waals surface area contributed by atoms with Crippen molar-refractivity contribution in [3.8, 4) is 0 Å². The van der Waals surface area contributed by atoms with E-state index in [1.54, 1.807) is 31.3 Å². The minimum absolute atomic E-state index is 0.144. The van der Waals surface area contributed by atoms with Crippen molar-refractivity contribution in [2.45, 2.75) is 6.54 Å². The van der Waals surface area contributed by atoms with Crippen LogP contribution in [0.25, 0.3) is 0 Å². The lowest BCUT2D eigenvalue weighted by atomic mass is 10.1. The van der Waals surface area contributed by atoms with Crippen LogP contribution in [0, 0.1) is 11.2 Å². The summed E-state index contributed by atoms with van der Waals surface area (Å²) in [5.41, 5.74) is 13.0. The topological polar surface area (TPSA) is 117 Å². The molecule has 0 aliphatic heterocycles. The molecule has 0 radical (unpaired) electrons. The molecule has 2 amide bonds. The molecule has 6 N–H and O–H groups in total. The van der Waals surface area contributed by atoms with Gasteiger partial charge in [-0.15, -0.1) is 0 Å². The van der Waals surface area contributed by atoms with Gasteiger partial charge in [0, 0.05) is 25.0 Å². The van der Waals surface area contributed by atoms with Gasteiger partial charge in [0.1, 0.15) is 12.5 Å². The van der Waals surface area contributed by atoms with E-state index < -0.39 is 0 Å². The Morgan fingerprint density at radius 2 is 1.96 bits per heavy atom. The Bertz CT molecular complexity index is 764. The van der Waals surface area contributed by atoms with Crippen molar-refractivity contribution >= 4 is 23.3 Å². The molecular formula is C17H20FN5O2. The quantitative estimate of drug-likeness (QED) is 0.288. The smallest absolute Gasteiger partial charge is 0.321 e. The molecule has 0 aliphatic carbocycles. The Hall–Kier alpha value is -3.13. The van der Waals surface area contributed by atoms with E-state index in [1.807, 2.05) is 0 Å². The van der Waals surface area contributed by atoms with Crippen molar-refractivity contribution in [3.63, 3.8) is 0 Å². The number of hydrogen-bond donors (Lipinski definition) is 4. The van der Waals surface area contributed by atoms with Crippen LogP contribution >= 0.6 is 0 Å². The number of nitrogens with two attached hydrogens (primary N) is 2. The fourth-order valence-electron chi connectivity index (χ4n) is 2.15. The van der Waals surface area contributed by atoms with Gasteiger partial charge in [0.25, 0.3) is 0 Å². The number of nitrogen functional groups attached to an aromatic ring is 1. The second-order valence-electron chi connectivity index (χ2n) is 5.35. The number of halogens is 1. The fraction of sp³-hybridized carbons (Fsp3) is 0.176. The Morgan fingerprint density at radius 3 is 2.60 bits per heavy atom. The van der Waals surface area contributed by atoms with Crippen LogP contribution in [0.3, 0.4) is 0 Å². The van der Waals surface area contributed by atoms with Gasteiger partial charge in [0.2, 0.25) is 5.90 Å². The van der Waals surface area contributed by atoms with Crippen molar-refractivity contribution < 1.29 is 13.9 Å². The number of ether oxygens (including phenoxy) is 1. The number of nitrogens with one attached hydrogen (secondary N) is 2. The number of nitrogens with zero attached hydrogens (tertiary/aromatic N) is 1. The van der Waals surface area contributed by atoms with E-state index in [2.05, 4.69) is 5.32 Å². The molecule has 2 rings (SSSR count). The number of rotatable bonds is 5. The highest BCUT2D eigenvalue weighted by atomic mass is 19.1. The summed E-state index contributed by atoms with van der Waals surface area (Å²) in [6.45, 7) is 0.176. The van der Waals surface area contributed by atoms with Crippen molar-refractivity contribution in [2.75, 3.05) is 24.8 Å². The average Bonchev–Trinajstić information content (AvgIpc) is 2.58. The van der Waals surface area contributed by atoms with E-state index in [1.165, 1.54) is 23.1 Å². The Kier molecular flexibility index (Phi) is 5.91. The molecule has 0 bridgehead atoms. The molecule has 2 aromatic rings. The lowest BCUT2D eigenvalue weighted by molar-refractivity contribution is 0.220. The fourth-order valence-corrected chi connectivity index (χ4v) is 2.15. The lowest BCUT2D eigenvalue weighted by Gasteiger charge is -2.19. The van der Waals surface area contributed by atoms with Crippen molar-refractivity contribution in [1.82, 2.24) is 4.90 Å². The highest BCUT2D eigenvalue weighted by molar-refractivity contribution is 5.99. The lowest BCUT2D eigenvalue weighted by Crippen LogP contribution is -2.31. The highest BCUT2D eigenvalue weighted by Gasteiger charge is 2.13. The summed E-state index contributed by atoms with van der Waals surface area (Å²) in [7, 11) is 1.62. The van der Waals surface area contributed by atoms with E-state index in [4.69, 9.17) is 21.6 Å². The predicted octanol–water partition coefficient (Wildman–Crippen LogP) is 2.33. The Balaban J connectivity index is 2.05. The van der Waals surface area contributed by atoms with Gasteiger partial charge in [-0.25, -0.2) is 9.18 Å². The van der Waals surface area contributed by atoms with E-state index >= 15 is 0 Å². The molecule has 25 heavy (non-hydrogen) atoms. The maximum absolute atomic E-state index is 12.9. The third-order valence-electron chi connectivity index (χ3n) is 3.46. The second-order valence-corrected chi connectivity index (χ2v) is 5.35. The normalized spacial score (nSPS) is 10.2. The second kappa shape index (κ2) is 8.11. The third kappa shape index (κ3) is 4.92. The van der Waals surface area contributed by atoms with Crippen LogP contribution in [-0.4, -0.2) is 30.6 Å². The minimum Gasteiger partial charge on any atom is -0.462 e. The first-order valence-electron chi connectivity index (χ1n) is 7.48. The summed E-state index contributed by atoms with van der Waals surface area (Å²) in [5.74, 6) is -0.497. The van der Waals surface area contributed by atoms with E-state index in [0.29, 0.717) is 23.5 Å². The van der Waals surface area contributed by atoms with Crippen molar-refractivity contribution in [2.24, 2.45) is 5.73 Å². The number of carbonyl (C=O) groups excluding carboxylic acids is 1. The van der Waals surface area contributed by atoms with Crippen LogP contribution in [0.15, 0.2) is 42.5 Å². The molecule has 0 aromatic heterocycles. The van der Waals surface area contributed by atoms with Crippen LogP contribution in [-0.2, 0) is 11.3 Å². The molecule has 0 unspecified atom stereocenters. The average molecular weight is 345 g/mol. The minimum atomic E-state index is -0.355. The first-order chi connectivity index (χ1) is 11.9. The Labute approximate surface area is 144 Å². The molecule has 0 atom stereocenters. The molecule has 0 fully saturated rings. The number of carbonyl (C=O) groups is 1. The molecule has 0 spiro atoms. The standard InChI is InChI=1S/C17H20FN5O2/c1-23(9-11-2-4-12(18)5-3-11)17(24)22-13-6-7-15(20)14(8-13)16(21)25-10-19/h2-8,21H,9-10,19-20H2,1H3,(H,22,24). The largest absolute Gasteiger partial charge is 0.462 e. The van der Waals surface area contributed by atoms with Crippen molar-refractivity contribution in [3.05, 3.63) is 59.4 Å². The summed E-state index contributed by atoms with van der Waals surface area (Å²) < 4.78 is 17.9. The summed E-state index contributed by atoms with van der Waals surface area (Å²) in [4.78, 5) is 13.7. The first-order valence-corrected chi connectivity index (χ1v) is 7.48. The highest BCUT2D eigenvalue weighted by Crippen LogP contribution is 2.19. The molecule has 8 heteroatoms. The van der Waals surface area contributed by atoms with E-state index in [-0.39, 0.29) is 24.5 Å². The zero-order valence-electron chi connectivity index (χ0n) is 13.8. The molecule has 0 saturated carbocycles. The van der Waals surface area contributed by atoms with Gasteiger partial charge in [-0.05, 0) is 35.9 Å². The summed E-state index contributed by atoms with van der Waals surface area (Å²) in [5, 5.41) is 10.5. The van der Waals surface area contributed by atoms with Crippen LogP contribution in [0.4, 0.5) is 20.6 Å². The summed E-state index contributed by atoms with van der Waals surface area (Å²) >= 11 is 0. The SMILES string of the molecule is CN(Cc1ccc(F)cc1)C(=O)Nc1ccc(N)c(C(=N)OCN)c1. The molecule has 7 nitrogen and oxygen atoms in total. The number of benzene rings is 2. The zero-order valence-corrected chi connectivity index (χ0v) is 13.8. The van der Waals surface area contributed by atoms with Gasteiger partial charge < -0.3 is 20.7 Å². The number of amides is 2. The molecule has 0 aliphatic rings. The molecule has 2 aromatic carbocycles. The molecule has 0 heterocycles. The molecule has 132 valence electrons. The number of anilines is 2. The molecular weight excluding hydrogens is 325 g/mol. The Morgan fingerprint density at radius 1 is 1.28 bits per heavy atom. The van der Waals surface area contributed by atoms with E-state index in [0.717, 1.165) is 5.56 Å². The van der Waals surface area contributed by atoms with E-state index in [9.17, 15) is 9.18 Å². The maximum Gasteiger partial charge on any atom is 0.321 e. The van der Waals surface area contributed by atoms with Crippen LogP contribution < -0.4 is 16.8 Å². The third-order valence-corrected chi connectivity index (χ3v) is 3.46. The van der Waals surface area contributed by atoms with Crippen LogP contribution in [0.5, 0.6) is 0 Å². The summed E-state index contributed by atoms with van der Waals surface area (Å²) in [6, 6.07) is 10.3. The van der Waals surface area contributed by atoms with Gasteiger partial charge in [-0.3, -0.25) is 11.1 Å². The number of hydrogen-bond acceptors (Lipinski definition) is 5. The number of urea groups is 1. The zero-order chi connectivity index (χ0) is 18.4. The van der Waals surface area contributed by atoms with Crippen LogP contribution in [0.1, 0.15) is 11.1 Å². The van der Waals surface area contributed by atoms with Crippen molar-refractivity contribution in [1.29, 1.82) is 5.41 Å². The van der Waals surface area contributed by atoms with Gasteiger partial charge >= 0.3 is 6.03 Å². The monoisotopic (exact) mass is 345 g/mol.